The first-order valence-corrected chi connectivity index (χ1v) is 6.74. The summed E-state index contributed by atoms with van der Waals surface area (Å²) in [6.45, 7) is 7.73. The summed E-state index contributed by atoms with van der Waals surface area (Å²) in [6.07, 6.45) is 6.32. The summed E-state index contributed by atoms with van der Waals surface area (Å²) >= 11 is 0. The maximum absolute atomic E-state index is 5.41. The first kappa shape index (κ1) is 16.6. The topological polar surface area (TPSA) is 54.7 Å². The van der Waals surface area contributed by atoms with Crippen LogP contribution in [-0.4, -0.2) is 54.4 Å². The molecule has 6 nitrogen and oxygen atoms in total. The lowest BCUT2D eigenvalue weighted by Crippen LogP contribution is -2.40. The zero-order valence-electron chi connectivity index (χ0n) is 12.8. The fourth-order valence-electron chi connectivity index (χ4n) is 1.56. The van der Waals surface area contributed by atoms with Gasteiger partial charge in [-0.2, -0.15) is 5.10 Å². The Morgan fingerprint density at radius 3 is 3.00 bits per heavy atom. The molecule has 0 aromatic carbocycles. The number of hydrogen-bond donors (Lipinski definition) is 1. The molecule has 0 aliphatic heterocycles. The van der Waals surface area contributed by atoms with Gasteiger partial charge in [-0.1, -0.05) is 13.5 Å². The molecule has 1 aromatic rings. The molecule has 0 aliphatic carbocycles. The molecular weight excluding hydrogens is 254 g/mol. The summed E-state index contributed by atoms with van der Waals surface area (Å²) < 4.78 is 7.14. The van der Waals surface area contributed by atoms with Crippen LogP contribution in [0.2, 0.25) is 0 Å². The van der Waals surface area contributed by atoms with E-state index in [4.69, 9.17) is 4.74 Å². The number of hydrogen-bond acceptors (Lipinski definition) is 5. The summed E-state index contributed by atoms with van der Waals surface area (Å²) in [7, 11) is 5.59. The minimum Gasteiger partial charge on any atom is -0.380 e. The molecule has 1 unspecified atom stereocenters. The molecule has 0 radical (unpaired) electrons. The van der Waals surface area contributed by atoms with Crippen LogP contribution >= 0.6 is 0 Å². The number of nitrogens with zero attached hydrogens (tertiary/aromatic N) is 4. The van der Waals surface area contributed by atoms with Gasteiger partial charge in [0.2, 0.25) is 0 Å². The second-order valence-corrected chi connectivity index (χ2v) is 4.63. The Morgan fingerprint density at radius 1 is 1.70 bits per heavy atom. The normalized spacial score (nSPS) is 13.2. The maximum atomic E-state index is 5.41. The molecule has 112 valence electrons. The van der Waals surface area contributed by atoms with E-state index < -0.39 is 0 Å². The molecule has 1 atom stereocenters. The molecule has 1 aromatic heterocycles. The fraction of sp³-hybridized carbons (Fsp3) is 0.571. The molecule has 0 saturated carbocycles. The van der Waals surface area contributed by atoms with Crippen LogP contribution in [0.1, 0.15) is 18.9 Å². The van der Waals surface area contributed by atoms with Crippen molar-refractivity contribution in [3.63, 3.8) is 0 Å². The number of rotatable bonds is 9. The second kappa shape index (κ2) is 8.63. The monoisotopic (exact) mass is 279 g/mol. The molecular formula is C14H25N5O. The molecule has 0 saturated heterocycles. The van der Waals surface area contributed by atoms with Crippen LogP contribution in [0.25, 0.3) is 5.70 Å². The molecule has 0 fully saturated rings. The minimum absolute atomic E-state index is 0.0921. The molecule has 1 heterocycles. The first-order valence-electron chi connectivity index (χ1n) is 6.74. The van der Waals surface area contributed by atoms with Crippen LogP contribution in [0.5, 0.6) is 0 Å². The zero-order chi connectivity index (χ0) is 15.0. The lowest BCUT2D eigenvalue weighted by atomic mass is 10.2. The third-order valence-corrected chi connectivity index (χ3v) is 3.05. The third-order valence-electron chi connectivity index (χ3n) is 3.05. The number of nitrogens with one attached hydrogen (secondary N) is 1. The number of hydrazine groups is 1. The summed E-state index contributed by atoms with van der Waals surface area (Å²) in [6, 6.07) is 0. The largest absolute Gasteiger partial charge is 0.380 e. The summed E-state index contributed by atoms with van der Waals surface area (Å²) in [4.78, 5) is 4.35. The van der Waals surface area contributed by atoms with E-state index in [2.05, 4.69) is 29.0 Å². The Labute approximate surface area is 121 Å². The molecule has 0 amide bonds. The molecule has 6 heteroatoms. The predicted octanol–water partition coefficient (Wildman–Crippen LogP) is 1.32. The summed E-state index contributed by atoms with van der Waals surface area (Å²) in [5.74, 6) is 0. The van der Waals surface area contributed by atoms with Gasteiger partial charge in [0.15, 0.2) is 0 Å². The predicted molar refractivity (Wildman–Crippen MR) is 82.5 cm³/mol. The van der Waals surface area contributed by atoms with Crippen molar-refractivity contribution in [1.82, 2.24) is 20.2 Å². The Kier molecular flexibility index (Phi) is 7.14. The average molecular weight is 279 g/mol. The molecule has 1 rings (SSSR count). The van der Waals surface area contributed by atoms with Crippen LogP contribution in [-0.2, 0) is 11.8 Å². The van der Waals surface area contributed by atoms with E-state index in [-0.39, 0.29) is 6.10 Å². The van der Waals surface area contributed by atoms with Gasteiger partial charge in [0, 0.05) is 58.7 Å². The number of methoxy groups -OCH3 is 1. The standard InChI is InChI=1S/C14H25N5O/c1-6-18(3)17-10-14(20-5)7-8-15-12(2)13-9-16-19(4)11-13/h8-9,11,14,17H,2,6-7,10H2,1,3-5H3. The summed E-state index contributed by atoms with van der Waals surface area (Å²) in [5, 5.41) is 6.12. The van der Waals surface area contributed by atoms with Gasteiger partial charge < -0.3 is 4.74 Å². The summed E-state index contributed by atoms with van der Waals surface area (Å²) in [5.41, 5.74) is 4.91. The Hall–Kier alpha value is -1.50. The SMILES string of the molecule is C=C(N=CCC(CNN(C)CC)OC)c1cnn(C)c1. The molecule has 0 aliphatic rings. The van der Waals surface area contributed by atoms with E-state index in [0.717, 1.165) is 25.1 Å². The van der Waals surface area contributed by atoms with Gasteiger partial charge in [-0.25, -0.2) is 5.01 Å². The first-order chi connectivity index (χ1) is 9.56. The highest BCUT2D eigenvalue weighted by Gasteiger charge is 2.06. The van der Waals surface area contributed by atoms with Gasteiger partial charge in [-0.05, 0) is 0 Å². The van der Waals surface area contributed by atoms with Crippen molar-refractivity contribution in [1.29, 1.82) is 0 Å². The van der Waals surface area contributed by atoms with E-state index >= 15 is 0 Å². The number of aryl methyl sites for hydroxylation is 1. The van der Waals surface area contributed by atoms with Gasteiger partial charge >= 0.3 is 0 Å². The number of ether oxygens (including phenoxy) is 1. The van der Waals surface area contributed by atoms with E-state index in [9.17, 15) is 0 Å². The highest BCUT2D eigenvalue weighted by atomic mass is 16.5. The van der Waals surface area contributed by atoms with Gasteiger partial charge in [0.05, 0.1) is 18.0 Å². The number of aliphatic imine (C=N–C) groups is 1. The number of aromatic nitrogens is 2. The van der Waals surface area contributed by atoms with Crippen LogP contribution in [0.3, 0.4) is 0 Å². The van der Waals surface area contributed by atoms with Crippen molar-refractivity contribution >= 4 is 11.9 Å². The smallest absolute Gasteiger partial charge is 0.0759 e. The van der Waals surface area contributed by atoms with Gasteiger partial charge in [0.1, 0.15) is 0 Å². The highest BCUT2D eigenvalue weighted by molar-refractivity contribution is 5.72. The molecule has 0 spiro atoms. The van der Waals surface area contributed by atoms with Gasteiger partial charge in [-0.3, -0.25) is 15.1 Å². The van der Waals surface area contributed by atoms with Gasteiger partial charge in [-0.15, -0.1) is 0 Å². The van der Waals surface area contributed by atoms with Crippen molar-refractivity contribution < 1.29 is 4.74 Å². The van der Waals surface area contributed by atoms with Crippen molar-refractivity contribution in [3.05, 3.63) is 24.5 Å². The van der Waals surface area contributed by atoms with E-state index in [0.29, 0.717) is 5.70 Å². The van der Waals surface area contributed by atoms with Crippen LogP contribution in [0.4, 0.5) is 0 Å². The molecule has 0 bridgehead atoms. The third kappa shape index (κ3) is 5.64. The quantitative estimate of drug-likeness (QED) is 0.547. The van der Waals surface area contributed by atoms with Crippen LogP contribution in [0.15, 0.2) is 24.0 Å². The van der Waals surface area contributed by atoms with Gasteiger partial charge in [0.25, 0.3) is 0 Å². The Balaban J connectivity index is 2.39. The van der Waals surface area contributed by atoms with E-state index in [1.165, 1.54) is 0 Å². The van der Waals surface area contributed by atoms with Crippen molar-refractivity contribution in [2.24, 2.45) is 12.0 Å². The zero-order valence-corrected chi connectivity index (χ0v) is 12.8. The average Bonchev–Trinajstić information content (AvgIpc) is 2.88. The fourth-order valence-corrected chi connectivity index (χ4v) is 1.56. The second-order valence-electron chi connectivity index (χ2n) is 4.63. The van der Waals surface area contributed by atoms with E-state index in [1.807, 2.05) is 31.5 Å². The molecule has 20 heavy (non-hydrogen) atoms. The van der Waals surface area contributed by atoms with Crippen molar-refractivity contribution in [3.8, 4) is 0 Å². The maximum Gasteiger partial charge on any atom is 0.0759 e. The Morgan fingerprint density at radius 2 is 2.45 bits per heavy atom. The van der Waals surface area contributed by atoms with Crippen molar-refractivity contribution in [2.75, 3.05) is 27.2 Å². The van der Waals surface area contributed by atoms with E-state index in [1.54, 1.807) is 18.0 Å². The van der Waals surface area contributed by atoms with Crippen LogP contribution in [0, 0.1) is 0 Å². The highest BCUT2D eigenvalue weighted by Crippen LogP contribution is 2.11. The lowest BCUT2D eigenvalue weighted by Gasteiger charge is -2.20. The lowest BCUT2D eigenvalue weighted by molar-refractivity contribution is 0.0858. The van der Waals surface area contributed by atoms with Crippen LogP contribution < -0.4 is 5.43 Å². The Bertz CT molecular complexity index is 441. The molecule has 1 N–H and O–H groups in total. The minimum atomic E-state index is 0.0921. The van der Waals surface area contributed by atoms with Crippen molar-refractivity contribution in [2.45, 2.75) is 19.4 Å².